The van der Waals surface area contributed by atoms with Crippen molar-refractivity contribution in [3.8, 4) is 56.5 Å². The Balaban J connectivity index is 1.02. The number of hydrogen-bond acceptors (Lipinski definition) is 3. The lowest BCUT2D eigenvalue weighted by molar-refractivity contribution is 0.312. The number of para-hydroxylation sites is 2. The van der Waals surface area contributed by atoms with Gasteiger partial charge in [-0.25, -0.2) is 9.97 Å². The van der Waals surface area contributed by atoms with Crippen LogP contribution in [0.5, 0.6) is 11.5 Å². The number of nitrogens with zero attached hydrogens (tertiary/aromatic N) is 2. The maximum absolute atomic E-state index is 7.06. The fraction of sp³-hybridized carbons (Fsp3) is 0.0909. The zero-order valence-corrected chi connectivity index (χ0v) is 31.8. The number of rotatable bonds is 4. The van der Waals surface area contributed by atoms with E-state index in [0.717, 1.165) is 63.5 Å². The molecule has 0 saturated heterocycles. The predicted octanol–water partition coefficient (Wildman–Crippen LogP) is 14.0. The largest absolute Gasteiger partial charge is 0.456 e. The Morgan fingerprint density at radius 1 is 0.500 bits per heavy atom. The van der Waals surface area contributed by atoms with Crippen LogP contribution < -0.4 is 4.74 Å². The van der Waals surface area contributed by atoms with Crippen LogP contribution >= 0.6 is 0 Å². The molecule has 3 nitrogen and oxygen atoms in total. The molecule has 3 heteroatoms. The third-order valence-electron chi connectivity index (χ3n) is 13.0. The molecule has 9 aromatic rings. The van der Waals surface area contributed by atoms with Crippen LogP contribution in [0.4, 0.5) is 0 Å². The summed E-state index contributed by atoms with van der Waals surface area (Å²) in [4.78, 5) is 10.5. The fourth-order valence-electron chi connectivity index (χ4n) is 10.5. The summed E-state index contributed by atoms with van der Waals surface area (Å²) in [6.45, 7) is 0. The zero-order valence-electron chi connectivity index (χ0n) is 31.8. The average Bonchev–Trinajstić information content (AvgIpc) is 3.59. The van der Waals surface area contributed by atoms with Crippen molar-refractivity contribution >= 4 is 21.5 Å². The molecule has 0 saturated carbocycles. The molecule has 2 heterocycles. The number of ether oxygens (including phenoxy) is 1. The van der Waals surface area contributed by atoms with Gasteiger partial charge in [-0.1, -0.05) is 170 Å². The van der Waals surface area contributed by atoms with Gasteiger partial charge in [0, 0.05) is 39.3 Å². The highest BCUT2D eigenvalue weighted by Crippen LogP contribution is 2.66. The van der Waals surface area contributed by atoms with Crippen LogP contribution in [0.2, 0.25) is 0 Å². The number of allylic oxidation sites excluding steroid dienone is 2. The van der Waals surface area contributed by atoms with Gasteiger partial charge in [-0.3, -0.25) is 0 Å². The maximum atomic E-state index is 7.06. The van der Waals surface area contributed by atoms with E-state index in [-0.39, 0.29) is 5.41 Å². The quantitative estimate of drug-likeness (QED) is 0.133. The summed E-state index contributed by atoms with van der Waals surface area (Å²) in [7, 11) is 0. The van der Waals surface area contributed by atoms with Crippen molar-refractivity contribution in [3.63, 3.8) is 0 Å². The van der Waals surface area contributed by atoms with Crippen molar-refractivity contribution < 1.29 is 4.74 Å². The second-order valence-corrected chi connectivity index (χ2v) is 15.9. The van der Waals surface area contributed by atoms with Crippen molar-refractivity contribution in [1.29, 1.82) is 0 Å². The summed E-state index contributed by atoms with van der Waals surface area (Å²) in [5.74, 6) is 3.32. The van der Waals surface area contributed by atoms with Gasteiger partial charge in [0.25, 0.3) is 0 Å². The van der Waals surface area contributed by atoms with Gasteiger partial charge >= 0.3 is 0 Å². The summed E-state index contributed by atoms with van der Waals surface area (Å²) in [6, 6.07) is 65.5. The number of aromatic nitrogens is 2. The number of hydrogen-bond donors (Lipinski definition) is 0. The van der Waals surface area contributed by atoms with Crippen molar-refractivity contribution in [1.82, 2.24) is 9.97 Å². The minimum atomic E-state index is -0.321. The maximum Gasteiger partial charge on any atom is 0.160 e. The van der Waals surface area contributed by atoms with E-state index in [0.29, 0.717) is 17.7 Å². The van der Waals surface area contributed by atoms with Gasteiger partial charge < -0.3 is 4.74 Å². The van der Waals surface area contributed by atoms with Crippen LogP contribution in [0.25, 0.3) is 66.6 Å². The van der Waals surface area contributed by atoms with Gasteiger partial charge in [0.05, 0.1) is 16.8 Å². The Bertz CT molecular complexity index is 3130. The molecule has 12 rings (SSSR count). The molecular weight excluding hydrogens is 705 g/mol. The van der Waals surface area contributed by atoms with Gasteiger partial charge in [0.15, 0.2) is 5.82 Å². The van der Waals surface area contributed by atoms with Crippen molar-refractivity contribution in [2.45, 2.75) is 24.2 Å². The first-order chi connectivity index (χ1) is 28.7. The van der Waals surface area contributed by atoms with E-state index in [1.807, 2.05) is 6.07 Å². The average molecular weight is 743 g/mol. The van der Waals surface area contributed by atoms with E-state index in [4.69, 9.17) is 14.7 Å². The molecular formula is C55H38N2O. The molecule has 1 spiro atoms. The smallest absolute Gasteiger partial charge is 0.160 e. The summed E-state index contributed by atoms with van der Waals surface area (Å²) >= 11 is 0. The SMILES string of the molecule is C1=CC2c3ccccc3C3(c4ccccc4Oc4c(-c5cccc(-c6nc(-c7ccccc7)cc(-c7ccc8c(ccc9ccccc98)c7)n6)c5)cccc43)C2CC1. The van der Waals surface area contributed by atoms with E-state index in [2.05, 4.69) is 188 Å². The number of benzene rings is 8. The molecule has 0 radical (unpaired) electrons. The second kappa shape index (κ2) is 13.0. The van der Waals surface area contributed by atoms with Crippen LogP contribution in [-0.2, 0) is 5.41 Å². The minimum absolute atomic E-state index is 0.321. The highest BCUT2D eigenvalue weighted by molar-refractivity contribution is 6.08. The molecule has 0 N–H and O–H groups in total. The molecule has 0 amide bonds. The molecule has 1 aliphatic heterocycles. The Kier molecular flexibility index (Phi) is 7.40. The van der Waals surface area contributed by atoms with Crippen LogP contribution in [-0.4, -0.2) is 9.97 Å². The first-order valence-corrected chi connectivity index (χ1v) is 20.4. The van der Waals surface area contributed by atoms with Crippen LogP contribution in [0, 0.1) is 5.92 Å². The lowest BCUT2D eigenvalue weighted by atomic mass is 9.60. The number of fused-ring (bicyclic) bond motifs is 12. The van der Waals surface area contributed by atoms with Crippen LogP contribution in [0.1, 0.15) is 41.0 Å². The summed E-state index contributed by atoms with van der Waals surface area (Å²) in [5, 5.41) is 4.92. The van der Waals surface area contributed by atoms with E-state index in [1.54, 1.807) is 0 Å². The standard InChI is InChI=1S/C55H38N2O/c1-2-15-36(16-3-1)50-34-51(39-30-31-42-38(32-39)29-28-35-14-4-5-19-41(35)42)57-54(56-50)40-18-12-17-37(33-40)43-22-13-26-49-53(43)58-52-27-11-10-25-48(52)55(49)46-23-8-6-20-44(46)45-21-7-9-24-47(45)55/h1-8,10-23,25-34,45,47H,9,24H2. The molecule has 274 valence electrons. The van der Waals surface area contributed by atoms with Crippen LogP contribution in [0.15, 0.2) is 194 Å². The van der Waals surface area contributed by atoms with E-state index in [9.17, 15) is 0 Å². The monoisotopic (exact) mass is 742 g/mol. The van der Waals surface area contributed by atoms with Gasteiger partial charge in [-0.2, -0.15) is 0 Å². The predicted molar refractivity (Wildman–Crippen MR) is 236 cm³/mol. The summed E-state index contributed by atoms with van der Waals surface area (Å²) in [5.41, 5.74) is 12.0. The molecule has 0 bridgehead atoms. The Morgan fingerprint density at radius 3 is 2.14 bits per heavy atom. The fourth-order valence-corrected chi connectivity index (χ4v) is 10.5. The zero-order chi connectivity index (χ0) is 38.2. The molecule has 3 unspecified atom stereocenters. The Labute approximate surface area is 338 Å². The lowest BCUT2D eigenvalue weighted by Crippen LogP contribution is -2.38. The molecule has 2 aliphatic carbocycles. The first kappa shape index (κ1) is 33.1. The third kappa shape index (κ3) is 4.93. The lowest BCUT2D eigenvalue weighted by Gasteiger charge is -2.44. The van der Waals surface area contributed by atoms with Crippen molar-refractivity contribution in [2.75, 3.05) is 0 Å². The highest BCUT2D eigenvalue weighted by Gasteiger charge is 2.57. The molecule has 58 heavy (non-hydrogen) atoms. The highest BCUT2D eigenvalue weighted by atomic mass is 16.5. The minimum Gasteiger partial charge on any atom is -0.456 e. The second-order valence-electron chi connectivity index (χ2n) is 15.9. The van der Waals surface area contributed by atoms with Crippen molar-refractivity contribution in [3.05, 3.63) is 216 Å². The Hall–Kier alpha value is -7.10. The topological polar surface area (TPSA) is 35.0 Å². The molecule has 0 fully saturated rings. The van der Waals surface area contributed by atoms with E-state index < -0.39 is 0 Å². The molecule has 3 aliphatic rings. The van der Waals surface area contributed by atoms with Gasteiger partial charge in [0.1, 0.15) is 11.5 Å². The first-order valence-electron chi connectivity index (χ1n) is 20.4. The summed E-state index contributed by atoms with van der Waals surface area (Å²) < 4.78 is 7.06. The van der Waals surface area contributed by atoms with Gasteiger partial charge in [0.2, 0.25) is 0 Å². The van der Waals surface area contributed by atoms with Gasteiger partial charge in [-0.15, -0.1) is 0 Å². The van der Waals surface area contributed by atoms with E-state index >= 15 is 0 Å². The van der Waals surface area contributed by atoms with Crippen LogP contribution in [0.3, 0.4) is 0 Å². The summed E-state index contributed by atoms with van der Waals surface area (Å²) in [6.07, 6.45) is 7.04. The van der Waals surface area contributed by atoms with Gasteiger partial charge in [-0.05, 0) is 81.3 Å². The molecule has 3 atom stereocenters. The normalized spacial score (nSPS) is 18.7. The molecule has 1 aromatic heterocycles. The molecule has 8 aromatic carbocycles. The van der Waals surface area contributed by atoms with Crippen molar-refractivity contribution in [2.24, 2.45) is 5.92 Å². The third-order valence-corrected chi connectivity index (χ3v) is 13.0. The van der Waals surface area contributed by atoms with E-state index in [1.165, 1.54) is 43.8 Å². The Morgan fingerprint density at radius 2 is 1.21 bits per heavy atom.